The molecular weight excluding hydrogens is 304 g/mol. The van der Waals surface area contributed by atoms with Crippen LogP contribution in [-0.2, 0) is 0 Å². The van der Waals surface area contributed by atoms with Gasteiger partial charge in [0, 0.05) is 18.0 Å². The highest BCUT2D eigenvalue weighted by Gasteiger charge is 2.17. The molecule has 0 radical (unpaired) electrons. The maximum absolute atomic E-state index is 4.71. The lowest BCUT2D eigenvalue weighted by molar-refractivity contribution is 0.864. The Kier molecular flexibility index (Phi) is 4.63. The molecule has 2 nitrogen and oxygen atoms in total. The second-order valence-electron chi connectivity index (χ2n) is 7.07. The van der Waals surface area contributed by atoms with E-state index < -0.39 is 0 Å². The van der Waals surface area contributed by atoms with Crippen LogP contribution in [0.25, 0.3) is 23.2 Å². The van der Waals surface area contributed by atoms with Gasteiger partial charge in [-0.15, -0.1) is 0 Å². The fourth-order valence-electron chi connectivity index (χ4n) is 3.63. The summed E-state index contributed by atoms with van der Waals surface area (Å²) in [5, 5.41) is 0. The number of hydrogen-bond donors (Lipinski definition) is 0. The third-order valence-corrected chi connectivity index (χ3v) is 4.69. The lowest BCUT2D eigenvalue weighted by Crippen LogP contribution is -2.04. The van der Waals surface area contributed by atoms with Crippen molar-refractivity contribution in [3.8, 4) is 17.1 Å². The van der Waals surface area contributed by atoms with Crippen LogP contribution >= 0.6 is 0 Å². The Hall–Kier alpha value is -2.61. The van der Waals surface area contributed by atoms with Crippen LogP contribution in [0.5, 0.6) is 0 Å². The van der Waals surface area contributed by atoms with Crippen LogP contribution in [0.1, 0.15) is 47.6 Å². The molecule has 0 N–H and O–H groups in total. The highest BCUT2D eigenvalue weighted by atomic mass is 15.1. The Morgan fingerprint density at radius 1 is 1.04 bits per heavy atom. The molecule has 0 aliphatic rings. The van der Waals surface area contributed by atoms with Crippen molar-refractivity contribution >= 4 is 6.08 Å². The number of aryl methyl sites for hydroxylation is 3. The fourth-order valence-corrected chi connectivity index (χ4v) is 3.63. The minimum absolute atomic E-state index is 0.430. The molecule has 2 aromatic carbocycles. The van der Waals surface area contributed by atoms with Gasteiger partial charge in [-0.2, -0.15) is 0 Å². The number of imidazole rings is 1. The molecule has 0 bridgehead atoms. The van der Waals surface area contributed by atoms with E-state index in [4.69, 9.17) is 4.98 Å². The molecule has 1 heterocycles. The summed E-state index contributed by atoms with van der Waals surface area (Å²) in [6.07, 6.45) is 5.84. The van der Waals surface area contributed by atoms with Crippen molar-refractivity contribution in [2.75, 3.05) is 0 Å². The molecule has 2 heteroatoms. The van der Waals surface area contributed by atoms with E-state index in [2.05, 4.69) is 82.3 Å². The quantitative estimate of drug-likeness (QED) is 0.554. The van der Waals surface area contributed by atoms with Crippen molar-refractivity contribution in [2.45, 2.75) is 40.5 Å². The van der Waals surface area contributed by atoms with Crippen LogP contribution in [0.2, 0.25) is 0 Å². The van der Waals surface area contributed by atoms with Gasteiger partial charge in [-0.3, -0.25) is 4.57 Å². The van der Waals surface area contributed by atoms with Gasteiger partial charge in [-0.25, -0.2) is 4.98 Å². The first-order valence-corrected chi connectivity index (χ1v) is 8.80. The molecule has 0 atom stereocenters. The van der Waals surface area contributed by atoms with Crippen LogP contribution in [-0.4, -0.2) is 9.55 Å². The molecular formula is C23H26N2. The second kappa shape index (κ2) is 6.72. The molecule has 3 rings (SSSR count). The third kappa shape index (κ3) is 3.17. The van der Waals surface area contributed by atoms with Crippen molar-refractivity contribution in [3.63, 3.8) is 0 Å². The van der Waals surface area contributed by atoms with E-state index in [0.717, 1.165) is 11.4 Å². The summed E-state index contributed by atoms with van der Waals surface area (Å²) in [7, 11) is 0. The number of rotatable bonds is 4. The average molecular weight is 330 g/mol. The average Bonchev–Trinajstić information content (AvgIpc) is 3.02. The highest BCUT2D eigenvalue weighted by molar-refractivity contribution is 5.69. The summed E-state index contributed by atoms with van der Waals surface area (Å²) >= 11 is 0. The molecule has 0 aliphatic heterocycles. The zero-order valence-corrected chi connectivity index (χ0v) is 15.8. The van der Waals surface area contributed by atoms with Crippen molar-refractivity contribution in [1.82, 2.24) is 9.55 Å². The van der Waals surface area contributed by atoms with Gasteiger partial charge < -0.3 is 0 Å². The zero-order valence-electron chi connectivity index (χ0n) is 15.8. The van der Waals surface area contributed by atoms with E-state index in [-0.39, 0.29) is 0 Å². The molecule has 0 saturated carbocycles. The molecule has 128 valence electrons. The van der Waals surface area contributed by atoms with Crippen LogP contribution in [0.4, 0.5) is 0 Å². The van der Waals surface area contributed by atoms with Gasteiger partial charge in [-0.05, 0) is 55.0 Å². The molecule has 25 heavy (non-hydrogen) atoms. The normalized spacial score (nSPS) is 11.1. The van der Waals surface area contributed by atoms with Crippen LogP contribution in [0.3, 0.4) is 0 Å². The number of benzene rings is 2. The molecule has 0 unspecified atom stereocenters. The predicted molar refractivity (Wildman–Crippen MR) is 107 cm³/mol. The molecule has 3 aromatic rings. The minimum atomic E-state index is 0.430. The Morgan fingerprint density at radius 3 is 2.32 bits per heavy atom. The van der Waals surface area contributed by atoms with Gasteiger partial charge >= 0.3 is 0 Å². The van der Waals surface area contributed by atoms with Crippen LogP contribution < -0.4 is 0 Å². The lowest BCUT2D eigenvalue weighted by Gasteiger charge is -2.18. The van der Waals surface area contributed by atoms with Crippen LogP contribution in [0, 0.1) is 20.8 Å². The largest absolute Gasteiger partial charge is 0.299 e. The summed E-state index contributed by atoms with van der Waals surface area (Å²) in [6, 6.07) is 11.0. The van der Waals surface area contributed by atoms with E-state index >= 15 is 0 Å². The summed E-state index contributed by atoms with van der Waals surface area (Å²) in [4.78, 5) is 4.71. The highest BCUT2D eigenvalue weighted by Crippen LogP contribution is 2.32. The molecule has 0 amide bonds. The smallest absolute Gasteiger partial charge is 0.144 e. The molecule has 1 aromatic heterocycles. The fraction of sp³-hybridized carbons (Fsp3) is 0.261. The van der Waals surface area contributed by atoms with E-state index in [1.54, 1.807) is 0 Å². The van der Waals surface area contributed by atoms with E-state index in [0.29, 0.717) is 5.92 Å². The minimum Gasteiger partial charge on any atom is -0.299 e. The summed E-state index contributed by atoms with van der Waals surface area (Å²) in [6.45, 7) is 14.8. The Labute approximate surface area is 150 Å². The topological polar surface area (TPSA) is 17.8 Å². The summed E-state index contributed by atoms with van der Waals surface area (Å²) < 4.78 is 2.22. The van der Waals surface area contributed by atoms with Crippen LogP contribution in [0.15, 0.2) is 49.3 Å². The predicted octanol–water partition coefficient (Wildman–Crippen LogP) is 6.23. The second-order valence-corrected chi connectivity index (χ2v) is 7.07. The first-order valence-electron chi connectivity index (χ1n) is 8.80. The summed E-state index contributed by atoms with van der Waals surface area (Å²) in [5.41, 5.74) is 8.64. The van der Waals surface area contributed by atoms with Crippen molar-refractivity contribution < 1.29 is 0 Å². The SMILES string of the molecule is C=Cc1ccc(C(C)C)c(-c2nccn2-c2c(C)cc(C)cc2C)c1. The maximum Gasteiger partial charge on any atom is 0.144 e. The molecule has 0 fully saturated rings. The Balaban J connectivity index is 2.27. The molecule has 0 spiro atoms. The van der Waals surface area contributed by atoms with Gasteiger partial charge in [0.1, 0.15) is 5.82 Å². The van der Waals surface area contributed by atoms with Crippen molar-refractivity contribution in [2.24, 2.45) is 0 Å². The van der Waals surface area contributed by atoms with E-state index in [9.17, 15) is 0 Å². The van der Waals surface area contributed by atoms with Gasteiger partial charge in [0.25, 0.3) is 0 Å². The zero-order chi connectivity index (χ0) is 18.1. The van der Waals surface area contributed by atoms with E-state index in [1.165, 1.54) is 33.5 Å². The lowest BCUT2D eigenvalue weighted by atomic mass is 9.94. The van der Waals surface area contributed by atoms with Gasteiger partial charge in [-0.1, -0.05) is 56.3 Å². The van der Waals surface area contributed by atoms with E-state index in [1.807, 2.05) is 12.3 Å². The number of hydrogen-bond acceptors (Lipinski definition) is 1. The Morgan fingerprint density at radius 2 is 1.72 bits per heavy atom. The molecule has 0 saturated heterocycles. The van der Waals surface area contributed by atoms with Crippen molar-refractivity contribution in [3.05, 3.63) is 77.1 Å². The first kappa shape index (κ1) is 17.2. The first-order chi connectivity index (χ1) is 11.9. The summed E-state index contributed by atoms with van der Waals surface area (Å²) in [5.74, 6) is 1.42. The molecule has 0 aliphatic carbocycles. The van der Waals surface area contributed by atoms with Gasteiger partial charge in [0.2, 0.25) is 0 Å². The maximum atomic E-state index is 4.71. The monoisotopic (exact) mass is 330 g/mol. The number of nitrogens with zero attached hydrogens (tertiary/aromatic N) is 2. The Bertz CT molecular complexity index is 906. The van der Waals surface area contributed by atoms with Crippen molar-refractivity contribution in [1.29, 1.82) is 0 Å². The van der Waals surface area contributed by atoms with Gasteiger partial charge in [0.15, 0.2) is 0 Å². The third-order valence-electron chi connectivity index (χ3n) is 4.69. The standard InChI is InChI=1S/C23H26N2/c1-7-19-8-9-20(15(2)3)21(14-19)23-24-10-11-25(23)22-17(5)12-16(4)13-18(22)6/h7-15H,1H2,2-6H3. The number of aromatic nitrogens is 2. The van der Waals surface area contributed by atoms with Gasteiger partial charge in [0.05, 0.1) is 5.69 Å².